The van der Waals surface area contributed by atoms with Crippen LogP contribution in [0.1, 0.15) is 0 Å². The van der Waals surface area contributed by atoms with Gasteiger partial charge in [-0.05, 0) is 0 Å². The Bertz CT molecular complexity index is 130. The van der Waals surface area contributed by atoms with Crippen molar-refractivity contribution in [3.63, 3.8) is 0 Å². The molecule has 0 aromatic carbocycles. The van der Waals surface area contributed by atoms with E-state index in [2.05, 4.69) is 4.74 Å². The Morgan fingerprint density at radius 1 is 1.45 bits per heavy atom. The van der Waals surface area contributed by atoms with Gasteiger partial charge in [0.05, 0.1) is 6.61 Å². The highest BCUT2D eigenvalue weighted by atomic mass is 19.1. The molecule has 5 heteroatoms. The van der Waals surface area contributed by atoms with Crippen molar-refractivity contribution in [3.8, 4) is 0 Å². The van der Waals surface area contributed by atoms with Crippen molar-refractivity contribution in [1.82, 2.24) is 0 Å². The second kappa shape index (κ2) is 3.44. The Balaban J connectivity index is 2.52. The molecule has 0 aromatic rings. The van der Waals surface area contributed by atoms with Gasteiger partial charge in [0.1, 0.15) is 12.2 Å². The maximum absolute atomic E-state index is 12.5. The predicted molar refractivity (Wildman–Crippen MR) is 33.7 cm³/mol. The number of hydrogen-bond donors (Lipinski definition) is 2. The highest BCUT2D eigenvalue weighted by Crippen LogP contribution is 2.17. The maximum atomic E-state index is 12.5. The molecule has 0 aliphatic carbocycles. The van der Waals surface area contributed by atoms with Crippen LogP contribution in [0.5, 0.6) is 0 Å². The molecule has 4 nitrogen and oxygen atoms in total. The van der Waals surface area contributed by atoms with Gasteiger partial charge in [0, 0.05) is 7.11 Å². The van der Waals surface area contributed by atoms with Crippen LogP contribution in [0.4, 0.5) is 4.39 Å². The Labute approximate surface area is 63.5 Å². The zero-order valence-electron chi connectivity index (χ0n) is 6.11. The van der Waals surface area contributed by atoms with E-state index in [1.165, 1.54) is 7.11 Å². The first-order valence-corrected chi connectivity index (χ1v) is 3.31. The third-order valence-electron chi connectivity index (χ3n) is 1.65. The van der Waals surface area contributed by atoms with Crippen LogP contribution in [0.15, 0.2) is 0 Å². The molecule has 1 heterocycles. The van der Waals surface area contributed by atoms with E-state index in [-0.39, 0.29) is 6.61 Å². The van der Waals surface area contributed by atoms with Gasteiger partial charge in [-0.3, -0.25) is 0 Å². The molecule has 1 saturated heterocycles. The van der Waals surface area contributed by atoms with Crippen molar-refractivity contribution in [1.29, 1.82) is 0 Å². The normalized spacial score (nSPS) is 45.8. The van der Waals surface area contributed by atoms with Gasteiger partial charge in [-0.25, -0.2) is 4.39 Å². The minimum atomic E-state index is -1.53. The largest absolute Gasteiger partial charge is 0.387 e. The third kappa shape index (κ3) is 1.67. The average molecular weight is 166 g/mol. The average Bonchev–Trinajstić information content (AvgIpc) is 2.01. The lowest BCUT2D eigenvalue weighted by molar-refractivity contribution is -0.251. The standard InChI is InChI=1S/C6H11FO4/c1-10-6-5(9)4(8)3(7)2-11-6/h3-6,8-9H,2H2,1H3/t3-,4-,5+,6-/m0/s1. The van der Waals surface area contributed by atoms with Gasteiger partial charge < -0.3 is 19.7 Å². The van der Waals surface area contributed by atoms with E-state index in [0.29, 0.717) is 0 Å². The van der Waals surface area contributed by atoms with E-state index in [1.54, 1.807) is 0 Å². The summed E-state index contributed by atoms with van der Waals surface area (Å²) in [6.45, 7) is -0.239. The van der Waals surface area contributed by atoms with Crippen molar-refractivity contribution >= 4 is 0 Å². The molecule has 11 heavy (non-hydrogen) atoms. The van der Waals surface area contributed by atoms with Crippen molar-refractivity contribution in [2.45, 2.75) is 24.7 Å². The zero-order valence-corrected chi connectivity index (χ0v) is 6.11. The summed E-state index contributed by atoms with van der Waals surface area (Å²) in [6.07, 6.45) is -5.16. The Kier molecular flexibility index (Phi) is 2.78. The lowest BCUT2D eigenvalue weighted by Gasteiger charge is -2.32. The first-order valence-electron chi connectivity index (χ1n) is 3.31. The van der Waals surface area contributed by atoms with E-state index >= 15 is 0 Å². The molecule has 1 rings (SSSR count). The smallest absolute Gasteiger partial charge is 0.185 e. The van der Waals surface area contributed by atoms with Crippen LogP contribution >= 0.6 is 0 Å². The van der Waals surface area contributed by atoms with Crippen LogP contribution in [-0.2, 0) is 9.47 Å². The number of alkyl halides is 1. The van der Waals surface area contributed by atoms with Crippen molar-refractivity contribution in [2.24, 2.45) is 0 Å². The van der Waals surface area contributed by atoms with Crippen LogP contribution < -0.4 is 0 Å². The van der Waals surface area contributed by atoms with Crippen molar-refractivity contribution in [2.75, 3.05) is 13.7 Å². The molecular formula is C6H11FO4. The van der Waals surface area contributed by atoms with E-state index in [9.17, 15) is 4.39 Å². The lowest BCUT2D eigenvalue weighted by Crippen LogP contribution is -2.51. The lowest BCUT2D eigenvalue weighted by atomic mass is 10.1. The SMILES string of the molecule is CO[C@H]1OC[C@H](F)[C@H](O)[C@H]1O. The second-order valence-electron chi connectivity index (χ2n) is 2.43. The summed E-state index contributed by atoms with van der Waals surface area (Å²) in [4.78, 5) is 0. The minimum absolute atomic E-state index is 0.239. The number of rotatable bonds is 1. The first-order chi connectivity index (χ1) is 5.16. The molecule has 66 valence electrons. The van der Waals surface area contributed by atoms with Gasteiger partial charge in [0.15, 0.2) is 12.5 Å². The summed E-state index contributed by atoms with van der Waals surface area (Å²) in [6, 6.07) is 0. The van der Waals surface area contributed by atoms with E-state index in [1.807, 2.05) is 0 Å². The Hall–Kier alpha value is -0.230. The first kappa shape index (κ1) is 8.86. The molecule has 0 radical (unpaired) electrons. The quantitative estimate of drug-likeness (QED) is 0.527. The second-order valence-corrected chi connectivity index (χ2v) is 2.43. The number of aliphatic hydroxyl groups excluding tert-OH is 2. The molecule has 0 bridgehead atoms. The molecule has 0 amide bonds. The molecule has 0 unspecified atom stereocenters. The monoisotopic (exact) mass is 166 g/mol. The molecule has 1 aliphatic heterocycles. The van der Waals surface area contributed by atoms with Crippen LogP contribution in [0.25, 0.3) is 0 Å². The summed E-state index contributed by atoms with van der Waals surface area (Å²) < 4.78 is 21.9. The molecule has 4 atom stereocenters. The molecule has 0 spiro atoms. The maximum Gasteiger partial charge on any atom is 0.185 e. The number of aliphatic hydroxyl groups is 2. The summed E-state index contributed by atoms with van der Waals surface area (Å²) >= 11 is 0. The molecule has 1 aliphatic rings. The highest BCUT2D eigenvalue weighted by molar-refractivity contribution is 4.82. The molecule has 0 saturated carbocycles. The number of halogens is 1. The topological polar surface area (TPSA) is 58.9 Å². The van der Waals surface area contributed by atoms with Crippen LogP contribution in [0.3, 0.4) is 0 Å². The summed E-state index contributed by atoms with van der Waals surface area (Å²) in [7, 11) is 1.32. The fourth-order valence-corrected chi connectivity index (χ4v) is 0.966. The Morgan fingerprint density at radius 3 is 2.64 bits per heavy atom. The van der Waals surface area contributed by atoms with Crippen molar-refractivity contribution in [3.05, 3.63) is 0 Å². The van der Waals surface area contributed by atoms with Gasteiger partial charge in [-0.2, -0.15) is 0 Å². The molecular weight excluding hydrogens is 155 g/mol. The summed E-state index contributed by atoms with van der Waals surface area (Å²) in [5, 5.41) is 18.0. The summed E-state index contributed by atoms with van der Waals surface area (Å²) in [5.74, 6) is 0. The van der Waals surface area contributed by atoms with Gasteiger partial charge in [-0.15, -0.1) is 0 Å². The van der Waals surface area contributed by atoms with E-state index in [0.717, 1.165) is 0 Å². The van der Waals surface area contributed by atoms with Gasteiger partial charge >= 0.3 is 0 Å². The predicted octanol–water partition coefficient (Wildman–Crippen LogP) is -0.951. The van der Waals surface area contributed by atoms with E-state index in [4.69, 9.17) is 14.9 Å². The summed E-state index contributed by atoms with van der Waals surface area (Å²) in [5.41, 5.74) is 0. The van der Waals surface area contributed by atoms with Gasteiger partial charge in [0.2, 0.25) is 0 Å². The number of methoxy groups -OCH3 is 1. The zero-order chi connectivity index (χ0) is 8.43. The van der Waals surface area contributed by atoms with Gasteiger partial charge in [-0.1, -0.05) is 0 Å². The van der Waals surface area contributed by atoms with Crippen LogP contribution in [0.2, 0.25) is 0 Å². The number of ether oxygens (including phenoxy) is 2. The third-order valence-corrected chi connectivity index (χ3v) is 1.65. The molecule has 1 fully saturated rings. The molecule has 0 aromatic heterocycles. The Morgan fingerprint density at radius 2 is 2.09 bits per heavy atom. The van der Waals surface area contributed by atoms with Gasteiger partial charge in [0.25, 0.3) is 0 Å². The van der Waals surface area contributed by atoms with E-state index < -0.39 is 24.7 Å². The highest BCUT2D eigenvalue weighted by Gasteiger charge is 2.38. The molecule has 2 N–H and O–H groups in total. The fraction of sp³-hybridized carbons (Fsp3) is 1.00. The number of hydrogen-bond acceptors (Lipinski definition) is 4. The van der Waals surface area contributed by atoms with Crippen molar-refractivity contribution < 1.29 is 24.1 Å². The van der Waals surface area contributed by atoms with Crippen LogP contribution in [-0.4, -0.2) is 48.6 Å². The fourth-order valence-electron chi connectivity index (χ4n) is 0.966. The van der Waals surface area contributed by atoms with Crippen LogP contribution in [0, 0.1) is 0 Å². The minimum Gasteiger partial charge on any atom is -0.387 e.